The fraction of sp³-hybridized carbons (Fsp3) is 0.240. The lowest BCUT2D eigenvalue weighted by molar-refractivity contribution is -0.126. The highest BCUT2D eigenvalue weighted by molar-refractivity contribution is 6.04. The van der Waals surface area contributed by atoms with Crippen molar-refractivity contribution in [2.24, 2.45) is 0 Å². The summed E-state index contributed by atoms with van der Waals surface area (Å²) < 4.78 is 6.37. The van der Waals surface area contributed by atoms with Crippen LogP contribution in [-0.4, -0.2) is 51.3 Å². The molecule has 1 unspecified atom stereocenters. The molecule has 178 valence electrons. The Kier molecular flexibility index (Phi) is 6.78. The van der Waals surface area contributed by atoms with Crippen molar-refractivity contribution in [3.63, 3.8) is 0 Å². The van der Waals surface area contributed by atoms with Crippen LogP contribution in [0.2, 0.25) is 0 Å². The lowest BCUT2D eigenvalue weighted by atomic mass is 10.1. The van der Waals surface area contributed by atoms with Gasteiger partial charge in [-0.25, -0.2) is 14.6 Å². The lowest BCUT2D eigenvalue weighted by Crippen LogP contribution is -2.32. The number of pyridine rings is 1. The van der Waals surface area contributed by atoms with Crippen LogP contribution in [0.1, 0.15) is 52.5 Å². The van der Waals surface area contributed by atoms with Gasteiger partial charge in [0.2, 0.25) is 0 Å². The van der Waals surface area contributed by atoms with Crippen molar-refractivity contribution in [2.45, 2.75) is 25.8 Å². The normalized spacial score (nSPS) is 14.7. The topological polar surface area (TPSA) is 132 Å². The number of ether oxygens (including phenoxy) is 1. The number of methoxy groups -OCH3 is 1. The maximum Gasteiger partial charge on any atom is 0.299 e. The maximum absolute atomic E-state index is 12.6. The van der Waals surface area contributed by atoms with E-state index in [0.717, 1.165) is 6.42 Å². The van der Waals surface area contributed by atoms with E-state index < -0.39 is 0 Å². The minimum Gasteiger partial charge on any atom is -0.497 e. The number of hydrogen-bond donors (Lipinski definition) is 2. The van der Waals surface area contributed by atoms with Crippen LogP contribution in [0.15, 0.2) is 42.6 Å². The van der Waals surface area contributed by atoms with Gasteiger partial charge in [0.1, 0.15) is 23.0 Å². The number of amides is 2. The Labute approximate surface area is 202 Å². The lowest BCUT2D eigenvalue weighted by Gasteiger charge is -2.21. The average molecular weight is 473 g/mol. The quantitative estimate of drug-likeness (QED) is 0.320. The Balaban J connectivity index is 1.59. The number of likely N-dealkylation sites (tertiary alicyclic amines) is 1. The molecule has 0 bridgehead atoms. The first kappa shape index (κ1) is 23.5. The van der Waals surface area contributed by atoms with E-state index in [1.165, 1.54) is 18.0 Å². The molecule has 1 aliphatic rings. The molecule has 2 aromatic heterocycles. The molecule has 10 heteroatoms. The predicted molar refractivity (Wildman–Crippen MR) is 129 cm³/mol. The van der Waals surface area contributed by atoms with Crippen LogP contribution in [0.25, 0.3) is 11.3 Å². The van der Waals surface area contributed by atoms with Crippen LogP contribution in [0.4, 0.5) is 5.82 Å². The second-order valence-corrected chi connectivity index (χ2v) is 7.84. The number of rotatable bonds is 6. The van der Waals surface area contributed by atoms with Gasteiger partial charge in [0.05, 0.1) is 13.2 Å². The SMILES string of the molecule is CC#CC(=O)N1CCCC1c1nc(-c2ccc(C(=O)Nc3cc(OC)ccn3)cc2)c(C=O)n1N. The van der Waals surface area contributed by atoms with E-state index in [9.17, 15) is 14.4 Å². The summed E-state index contributed by atoms with van der Waals surface area (Å²) in [7, 11) is 1.53. The molecule has 0 saturated carbocycles. The monoisotopic (exact) mass is 472 g/mol. The van der Waals surface area contributed by atoms with E-state index in [1.807, 2.05) is 0 Å². The van der Waals surface area contributed by atoms with Gasteiger partial charge < -0.3 is 20.8 Å². The molecule has 3 heterocycles. The molecule has 0 spiro atoms. The first-order chi connectivity index (χ1) is 17.0. The Morgan fingerprint density at radius 1 is 1.26 bits per heavy atom. The Morgan fingerprint density at radius 2 is 2.03 bits per heavy atom. The van der Waals surface area contributed by atoms with Gasteiger partial charge in [0.25, 0.3) is 11.8 Å². The van der Waals surface area contributed by atoms with Crippen LogP contribution in [-0.2, 0) is 4.79 Å². The zero-order valence-corrected chi connectivity index (χ0v) is 19.3. The summed E-state index contributed by atoms with van der Waals surface area (Å²) >= 11 is 0. The summed E-state index contributed by atoms with van der Waals surface area (Å²) in [6.45, 7) is 2.15. The number of nitrogens with zero attached hydrogens (tertiary/aromatic N) is 4. The van der Waals surface area contributed by atoms with Crippen LogP contribution in [0.3, 0.4) is 0 Å². The molecule has 1 saturated heterocycles. The molecule has 1 aromatic carbocycles. The first-order valence-electron chi connectivity index (χ1n) is 10.9. The van der Waals surface area contributed by atoms with E-state index >= 15 is 0 Å². The van der Waals surface area contributed by atoms with Crippen molar-refractivity contribution in [1.29, 1.82) is 0 Å². The number of carbonyl (C=O) groups is 3. The van der Waals surface area contributed by atoms with Crippen molar-refractivity contribution in [1.82, 2.24) is 19.5 Å². The van der Waals surface area contributed by atoms with Gasteiger partial charge in [-0.3, -0.25) is 14.4 Å². The van der Waals surface area contributed by atoms with Crippen LogP contribution < -0.4 is 15.9 Å². The number of aromatic nitrogens is 3. The number of anilines is 1. The minimum atomic E-state index is -0.374. The molecular weight excluding hydrogens is 448 g/mol. The molecule has 0 aliphatic carbocycles. The largest absolute Gasteiger partial charge is 0.497 e. The minimum absolute atomic E-state index is 0.179. The number of benzene rings is 1. The first-order valence-corrected chi connectivity index (χ1v) is 10.9. The van der Waals surface area contributed by atoms with Crippen LogP contribution in [0.5, 0.6) is 5.75 Å². The summed E-state index contributed by atoms with van der Waals surface area (Å²) in [6.07, 6.45) is 3.62. The highest BCUT2D eigenvalue weighted by Crippen LogP contribution is 2.33. The number of hydrogen-bond acceptors (Lipinski definition) is 7. The van der Waals surface area contributed by atoms with E-state index in [0.29, 0.717) is 53.5 Å². The predicted octanol–water partition coefficient (Wildman–Crippen LogP) is 2.42. The fourth-order valence-electron chi connectivity index (χ4n) is 4.05. The highest BCUT2D eigenvalue weighted by atomic mass is 16.5. The summed E-state index contributed by atoms with van der Waals surface area (Å²) in [5.74, 6) is 12.1. The maximum atomic E-state index is 12.6. The average Bonchev–Trinajstić information content (AvgIpc) is 3.48. The van der Waals surface area contributed by atoms with E-state index in [4.69, 9.17) is 10.6 Å². The standard InChI is InChI=1S/C25H24N6O4/c1-3-5-22(33)30-13-4-6-19(30)24-29-23(20(15-32)31(24)26)16-7-9-17(10-8-16)25(34)28-21-14-18(35-2)11-12-27-21/h7-12,14-15,19H,4,6,13,26H2,1-2H3,(H,27,28,34). The van der Waals surface area contributed by atoms with Crippen molar-refractivity contribution < 1.29 is 19.1 Å². The molecule has 0 radical (unpaired) electrons. The fourth-order valence-corrected chi connectivity index (χ4v) is 4.05. The van der Waals surface area contributed by atoms with E-state index in [1.54, 1.807) is 48.2 Å². The third-order valence-electron chi connectivity index (χ3n) is 5.76. The number of carbonyl (C=O) groups excluding carboxylic acids is 3. The second kappa shape index (κ2) is 10.1. The Hall–Kier alpha value is -4.65. The molecule has 1 fully saturated rings. The Morgan fingerprint density at radius 3 is 2.71 bits per heavy atom. The van der Waals surface area contributed by atoms with Gasteiger partial charge >= 0.3 is 0 Å². The number of imidazole rings is 1. The highest BCUT2D eigenvalue weighted by Gasteiger charge is 2.34. The molecule has 3 N–H and O–H groups in total. The molecule has 4 rings (SSSR count). The summed E-state index contributed by atoms with van der Waals surface area (Å²) in [4.78, 5) is 47.3. The molecule has 3 aromatic rings. The van der Waals surface area contributed by atoms with E-state index in [2.05, 4.69) is 27.1 Å². The van der Waals surface area contributed by atoms with Crippen molar-refractivity contribution in [2.75, 3.05) is 24.8 Å². The number of nitrogens with two attached hydrogens (primary N) is 1. The zero-order valence-electron chi connectivity index (χ0n) is 19.3. The van der Waals surface area contributed by atoms with Gasteiger partial charge in [-0.05, 0) is 43.9 Å². The third kappa shape index (κ3) is 4.70. The molecule has 35 heavy (non-hydrogen) atoms. The van der Waals surface area contributed by atoms with Gasteiger partial charge in [0, 0.05) is 29.9 Å². The number of aldehydes is 1. The Bertz CT molecular complexity index is 1340. The van der Waals surface area contributed by atoms with Gasteiger partial charge in [-0.15, -0.1) is 0 Å². The van der Waals surface area contributed by atoms with Crippen molar-refractivity contribution in [3.05, 3.63) is 59.7 Å². The number of nitrogens with one attached hydrogen (secondary N) is 1. The van der Waals surface area contributed by atoms with Crippen LogP contribution >= 0.6 is 0 Å². The summed E-state index contributed by atoms with van der Waals surface area (Å²) in [5, 5.41) is 2.72. The summed E-state index contributed by atoms with van der Waals surface area (Å²) in [6, 6.07) is 9.54. The van der Waals surface area contributed by atoms with Gasteiger partial charge in [0.15, 0.2) is 12.1 Å². The van der Waals surface area contributed by atoms with Crippen molar-refractivity contribution in [3.8, 4) is 28.8 Å². The third-order valence-corrected chi connectivity index (χ3v) is 5.76. The molecule has 1 aliphatic heterocycles. The zero-order chi connectivity index (χ0) is 24.9. The van der Waals surface area contributed by atoms with E-state index in [-0.39, 0.29) is 23.6 Å². The number of nitrogen functional groups attached to an aromatic ring is 1. The van der Waals surface area contributed by atoms with Gasteiger partial charge in [-0.1, -0.05) is 18.1 Å². The molecule has 10 nitrogen and oxygen atoms in total. The summed E-state index contributed by atoms with van der Waals surface area (Å²) in [5.41, 5.74) is 1.56. The molecular formula is C25H24N6O4. The van der Waals surface area contributed by atoms with Gasteiger partial charge in [-0.2, -0.15) is 0 Å². The molecule has 1 atom stereocenters. The smallest absolute Gasteiger partial charge is 0.299 e. The second-order valence-electron chi connectivity index (χ2n) is 7.84. The van der Waals surface area contributed by atoms with Crippen LogP contribution in [0, 0.1) is 11.8 Å². The van der Waals surface area contributed by atoms with Crippen molar-refractivity contribution >= 4 is 23.9 Å². The molecule has 2 amide bonds.